The Hall–Kier alpha value is -3.28. The highest BCUT2D eigenvalue weighted by molar-refractivity contribution is 5.94. The molecule has 0 unspecified atom stereocenters. The van der Waals surface area contributed by atoms with Crippen LogP contribution in [-0.2, 0) is 9.53 Å². The lowest BCUT2D eigenvalue weighted by Crippen LogP contribution is -2.28. The van der Waals surface area contributed by atoms with Crippen LogP contribution in [0.2, 0.25) is 0 Å². The molecule has 30 heavy (non-hydrogen) atoms. The van der Waals surface area contributed by atoms with Crippen LogP contribution in [0.15, 0.2) is 59.8 Å². The summed E-state index contributed by atoms with van der Waals surface area (Å²) in [5, 5.41) is 3.28. The van der Waals surface area contributed by atoms with Gasteiger partial charge in [-0.15, -0.1) is 0 Å². The fourth-order valence-corrected chi connectivity index (χ4v) is 3.84. The van der Waals surface area contributed by atoms with E-state index in [0.29, 0.717) is 24.0 Å². The van der Waals surface area contributed by atoms with E-state index in [9.17, 15) is 4.79 Å². The summed E-state index contributed by atoms with van der Waals surface area (Å²) in [5.41, 5.74) is 4.06. The lowest BCUT2D eigenvalue weighted by Gasteiger charge is -2.30. The lowest BCUT2D eigenvalue weighted by molar-refractivity contribution is -0.136. The number of hydrogen-bond donors (Lipinski definition) is 1. The number of methoxy groups -OCH3 is 1. The molecule has 0 aliphatic carbocycles. The van der Waals surface area contributed by atoms with Crippen LogP contribution in [0, 0.1) is 5.92 Å². The zero-order valence-corrected chi connectivity index (χ0v) is 17.8. The van der Waals surface area contributed by atoms with Gasteiger partial charge < -0.3 is 14.8 Å². The number of anilines is 1. The van der Waals surface area contributed by atoms with Crippen molar-refractivity contribution in [1.82, 2.24) is 9.55 Å². The highest BCUT2D eigenvalue weighted by Gasteiger charge is 2.34. The van der Waals surface area contributed by atoms with Crippen molar-refractivity contribution in [2.75, 3.05) is 19.0 Å². The molecule has 3 aromatic rings. The van der Waals surface area contributed by atoms with Crippen molar-refractivity contribution >= 4 is 23.0 Å². The molecule has 1 aliphatic rings. The van der Waals surface area contributed by atoms with Gasteiger partial charge in [-0.25, -0.2) is 9.78 Å². The number of fused-ring (bicyclic) bond motifs is 3. The second-order valence-corrected chi connectivity index (χ2v) is 7.96. The Balaban J connectivity index is 1.82. The number of allylic oxidation sites excluding steroid dienone is 1. The molecule has 156 valence electrons. The number of aromatic nitrogens is 2. The van der Waals surface area contributed by atoms with Crippen molar-refractivity contribution in [2.24, 2.45) is 5.92 Å². The van der Waals surface area contributed by atoms with Gasteiger partial charge in [0.1, 0.15) is 5.75 Å². The zero-order chi connectivity index (χ0) is 21.3. The first-order chi connectivity index (χ1) is 14.5. The fraction of sp³-hybridized carbons (Fsp3) is 0.333. The second kappa shape index (κ2) is 8.22. The van der Waals surface area contributed by atoms with Gasteiger partial charge in [0.25, 0.3) is 0 Å². The molecule has 0 radical (unpaired) electrons. The number of ether oxygens (including phenoxy) is 2. The molecule has 2 aromatic carbocycles. The van der Waals surface area contributed by atoms with Crippen LogP contribution in [0.25, 0.3) is 11.0 Å². The van der Waals surface area contributed by atoms with Gasteiger partial charge in [0.2, 0.25) is 5.95 Å². The molecular formula is C24H27N3O3. The topological polar surface area (TPSA) is 65.4 Å². The van der Waals surface area contributed by atoms with E-state index < -0.39 is 0 Å². The van der Waals surface area contributed by atoms with Crippen LogP contribution in [0.4, 0.5) is 5.95 Å². The maximum absolute atomic E-state index is 12.8. The molecule has 1 atom stereocenters. The standard InChI is InChI=1S/C24H27N3O3/c1-15(2)12-13-30-18-9-7-8-17(14-18)22-21(23(28)29-4)16(3)25-24-26-19-10-5-6-11-20(19)27(22)24/h5-11,14-15,22H,12-13H2,1-4H3,(H,25,26)/t22-/m1/s1. The van der Waals surface area contributed by atoms with Gasteiger partial charge in [0, 0.05) is 5.70 Å². The Bertz CT molecular complexity index is 1110. The third-order valence-corrected chi connectivity index (χ3v) is 5.37. The largest absolute Gasteiger partial charge is 0.494 e. The van der Waals surface area contributed by atoms with E-state index in [-0.39, 0.29) is 12.0 Å². The van der Waals surface area contributed by atoms with Crippen LogP contribution in [0.5, 0.6) is 5.75 Å². The van der Waals surface area contributed by atoms with Crippen molar-refractivity contribution in [3.8, 4) is 5.75 Å². The summed E-state index contributed by atoms with van der Waals surface area (Å²) in [7, 11) is 1.41. The van der Waals surface area contributed by atoms with E-state index in [1.165, 1.54) is 7.11 Å². The molecule has 0 amide bonds. The summed E-state index contributed by atoms with van der Waals surface area (Å²) in [6.45, 7) is 6.89. The number of hydrogen-bond acceptors (Lipinski definition) is 5. The maximum atomic E-state index is 12.8. The molecule has 0 saturated carbocycles. The molecule has 6 heteroatoms. The molecule has 2 heterocycles. The van der Waals surface area contributed by atoms with Crippen molar-refractivity contribution in [1.29, 1.82) is 0 Å². The van der Waals surface area contributed by atoms with E-state index in [1.807, 2.05) is 55.5 Å². The van der Waals surface area contributed by atoms with Crippen molar-refractivity contribution < 1.29 is 14.3 Å². The number of carbonyl (C=O) groups excluding carboxylic acids is 1. The molecule has 4 rings (SSSR count). The van der Waals surface area contributed by atoms with Crippen LogP contribution < -0.4 is 10.1 Å². The Labute approximate surface area is 176 Å². The lowest BCUT2D eigenvalue weighted by atomic mass is 9.95. The van der Waals surface area contributed by atoms with E-state index in [1.54, 1.807) is 0 Å². The number of carbonyl (C=O) groups is 1. The minimum Gasteiger partial charge on any atom is -0.494 e. The van der Waals surface area contributed by atoms with Gasteiger partial charge in [-0.3, -0.25) is 4.57 Å². The predicted molar refractivity (Wildman–Crippen MR) is 118 cm³/mol. The van der Waals surface area contributed by atoms with Gasteiger partial charge >= 0.3 is 5.97 Å². The third kappa shape index (κ3) is 3.65. The quantitative estimate of drug-likeness (QED) is 0.590. The average Bonchev–Trinajstić information content (AvgIpc) is 3.10. The smallest absolute Gasteiger partial charge is 0.337 e. The summed E-state index contributed by atoms with van der Waals surface area (Å²) in [6, 6.07) is 15.5. The number of benzene rings is 2. The van der Waals surface area contributed by atoms with Gasteiger partial charge in [-0.2, -0.15) is 0 Å². The molecule has 1 N–H and O–H groups in total. The fourth-order valence-electron chi connectivity index (χ4n) is 3.84. The van der Waals surface area contributed by atoms with Crippen LogP contribution in [0.1, 0.15) is 38.8 Å². The van der Waals surface area contributed by atoms with Gasteiger partial charge in [-0.1, -0.05) is 38.1 Å². The number of imidazole rings is 1. The monoisotopic (exact) mass is 405 g/mol. The van der Waals surface area contributed by atoms with Crippen molar-refractivity contribution in [3.63, 3.8) is 0 Å². The van der Waals surface area contributed by atoms with E-state index in [4.69, 9.17) is 14.5 Å². The number of nitrogens with one attached hydrogen (secondary N) is 1. The Kier molecular flexibility index (Phi) is 5.48. The number of rotatable bonds is 6. The molecule has 1 aromatic heterocycles. The van der Waals surface area contributed by atoms with Crippen molar-refractivity contribution in [3.05, 3.63) is 65.4 Å². The summed E-state index contributed by atoms with van der Waals surface area (Å²) >= 11 is 0. The first-order valence-corrected chi connectivity index (χ1v) is 10.3. The molecule has 1 aliphatic heterocycles. The maximum Gasteiger partial charge on any atom is 0.337 e. The van der Waals surface area contributed by atoms with Gasteiger partial charge in [0.15, 0.2) is 0 Å². The molecule has 0 spiro atoms. The summed E-state index contributed by atoms with van der Waals surface area (Å²) in [5.74, 6) is 1.71. The molecule has 0 saturated heterocycles. The summed E-state index contributed by atoms with van der Waals surface area (Å²) < 4.78 is 13.2. The van der Waals surface area contributed by atoms with E-state index >= 15 is 0 Å². The Morgan fingerprint density at radius 3 is 2.77 bits per heavy atom. The Morgan fingerprint density at radius 1 is 1.20 bits per heavy atom. The van der Waals surface area contributed by atoms with Crippen molar-refractivity contribution in [2.45, 2.75) is 33.2 Å². The number of nitrogens with zero attached hydrogens (tertiary/aromatic N) is 2. The SMILES string of the molecule is COC(=O)C1=C(C)Nc2nc3ccccc3n2[C@@H]1c1cccc(OCCC(C)C)c1. The first-order valence-electron chi connectivity index (χ1n) is 10.3. The van der Waals surface area contributed by atoms with Gasteiger partial charge in [0.05, 0.1) is 36.4 Å². The Morgan fingerprint density at radius 2 is 2.00 bits per heavy atom. The van der Waals surface area contributed by atoms with Crippen LogP contribution >= 0.6 is 0 Å². The summed E-state index contributed by atoms with van der Waals surface area (Å²) in [4.78, 5) is 17.5. The van der Waals surface area contributed by atoms with Crippen LogP contribution in [-0.4, -0.2) is 29.2 Å². The minimum absolute atomic E-state index is 0.362. The first kappa shape index (κ1) is 20.0. The molecular weight excluding hydrogens is 378 g/mol. The second-order valence-electron chi connectivity index (χ2n) is 7.96. The van der Waals surface area contributed by atoms with E-state index in [0.717, 1.165) is 34.5 Å². The third-order valence-electron chi connectivity index (χ3n) is 5.37. The summed E-state index contributed by atoms with van der Waals surface area (Å²) in [6.07, 6.45) is 0.986. The predicted octanol–water partition coefficient (Wildman–Crippen LogP) is 4.92. The minimum atomic E-state index is -0.366. The average molecular weight is 405 g/mol. The highest BCUT2D eigenvalue weighted by Crippen LogP contribution is 2.40. The zero-order valence-electron chi connectivity index (χ0n) is 17.8. The van der Waals surface area contributed by atoms with Gasteiger partial charge in [-0.05, 0) is 49.1 Å². The highest BCUT2D eigenvalue weighted by atomic mass is 16.5. The molecule has 0 bridgehead atoms. The van der Waals surface area contributed by atoms with E-state index in [2.05, 4.69) is 23.7 Å². The molecule has 0 fully saturated rings. The molecule has 6 nitrogen and oxygen atoms in total. The van der Waals surface area contributed by atoms with Crippen LogP contribution in [0.3, 0.4) is 0 Å². The normalized spacial score (nSPS) is 15.8. The number of esters is 1. The number of para-hydroxylation sites is 2.